The highest BCUT2D eigenvalue weighted by molar-refractivity contribution is 6.24. The van der Waals surface area contributed by atoms with E-state index >= 15 is 0 Å². The Bertz CT molecular complexity index is 4020. The van der Waals surface area contributed by atoms with Crippen LogP contribution in [0.1, 0.15) is 36.8 Å². The molecule has 2 aromatic heterocycles. The summed E-state index contributed by atoms with van der Waals surface area (Å²) < 4.78 is 4.97. The molecule has 0 unspecified atom stereocenters. The third-order valence-electron chi connectivity index (χ3n) is 16.0. The highest BCUT2D eigenvalue weighted by Crippen LogP contribution is 2.60. The van der Waals surface area contributed by atoms with E-state index in [-0.39, 0.29) is 5.41 Å². The molecule has 2 aliphatic carbocycles. The molecule has 0 amide bonds. The summed E-state index contributed by atoms with van der Waals surface area (Å²) in [5.41, 5.74) is 20.6. The van der Waals surface area contributed by atoms with Gasteiger partial charge in [0.15, 0.2) is 0 Å². The normalized spacial score (nSPS) is 14.0. The maximum Gasteiger partial charge on any atom is 0.0619 e. The fraction of sp³-hybridized carbons (Fsp3) is 0.0746. The molecule has 69 heavy (non-hydrogen) atoms. The number of aromatic nitrogens is 2. The fourth-order valence-corrected chi connectivity index (χ4v) is 13.4. The van der Waals surface area contributed by atoms with Gasteiger partial charge in [-0.1, -0.05) is 201 Å². The van der Waals surface area contributed by atoms with Gasteiger partial charge in [0.2, 0.25) is 0 Å². The Morgan fingerprint density at radius 3 is 1.26 bits per heavy atom. The van der Waals surface area contributed by atoms with Crippen molar-refractivity contribution in [3.8, 4) is 55.9 Å². The van der Waals surface area contributed by atoms with E-state index in [0.29, 0.717) is 0 Å². The third-order valence-corrected chi connectivity index (χ3v) is 16.0. The van der Waals surface area contributed by atoms with Gasteiger partial charge in [-0.05, 0) is 121 Å². The van der Waals surface area contributed by atoms with Crippen LogP contribution in [-0.2, 0) is 5.41 Å². The minimum Gasteiger partial charge on any atom is -0.309 e. The van der Waals surface area contributed by atoms with Gasteiger partial charge in [0.25, 0.3) is 0 Å². The van der Waals surface area contributed by atoms with Gasteiger partial charge in [-0.25, -0.2) is 0 Å². The molecule has 0 radical (unpaired) electrons. The van der Waals surface area contributed by atoms with Crippen molar-refractivity contribution in [2.24, 2.45) is 0 Å². The first-order chi connectivity index (χ1) is 34.3. The molecule has 2 nitrogen and oxygen atoms in total. The van der Waals surface area contributed by atoms with Crippen LogP contribution in [0.4, 0.5) is 0 Å². The van der Waals surface area contributed by atoms with Gasteiger partial charge in [0, 0.05) is 49.5 Å². The second-order valence-corrected chi connectivity index (χ2v) is 19.4. The smallest absolute Gasteiger partial charge is 0.0619 e. The average molecular weight is 879 g/mol. The van der Waals surface area contributed by atoms with E-state index in [1.165, 1.54) is 146 Å². The first kappa shape index (κ1) is 38.6. The van der Waals surface area contributed by atoms with Crippen molar-refractivity contribution in [2.45, 2.75) is 31.1 Å². The Hall–Kier alpha value is -8.46. The van der Waals surface area contributed by atoms with Gasteiger partial charge in [0.1, 0.15) is 0 Å². The molecule has 0 N–H and O–H groups in total. The molecule has 2 aliphatic rings. The van der Waals surface area contributed by atoms with Crippen LogP contribution in [0.15, 0.2) is 231 Å². The number of nitrogens with zero attached hydrogens (tertiary/aromatic N) is 2. The van der Waals surface area contributed by atoms with Crippen molar-refractivity contribution in [3.63, 3.8) is 0 Å². The number of benzene rings is 11. The molecule has 1 fully saturated rings. The molecule has 0 atom stereocenters. The largest absolute Gasteiger partial charge is 0.309 e. The van der Waals surface area contributed by atoms with Crippen LogP contribution >= 0.6 is 0 Å². The molecule has 13 aromatic rings. The lowest BCUT2D eigenvalue weighted by Crippen LogP contribution is -2.21. The quantitative estimate of drug-likeness (QED) is 0.152. The van der Waals surface area contributed by atoms with Crippen molar-refractivity contribution < 1.29 is 0 Å². The number of fused-ring (bicyclic) bond motifs is 13. The van der Waals surface area contributed by atoms with Crippen LogP contribution < -0.4 is 0 Å². The summed E-state index contributed by atoms with van der Waals surface area (Å²) in [7, 11) is 0. The van der Waals surface area contributed by atoms with Crippen LogP contribution in [-0.4, -0.2) is 9.13 Å². The first-order valence-corrected chi connectivity index (χ1v) is 24.6. The molecule has 0 saturated heterocycles. The molecule has 11 aromatic carbocycles. The van der Waals surface area contributed by atoms with Gasteiger partial charge >= 0.3 is 0 Å². The summed E-state index contributed by atoms with van der Waals surface area (Å²) in [6.45, 7) is 0. The number of para-hydroxylation sites is 6. The van der Waals surface area contributed by atoms with Crippen LogP contribution in [0.5, 0.6) is 0 Å². The zero-order chi connectivity index (χ0) is 45.2. The van der Waals surface area contributed by atoms with E-state index < -0.39 is 0 Å². The van der Waals surface area contributed by atoms with Crippen molar-refractivity contribution in [1.29, 1.82) is 0 Å². The Labute approximate surface area is 401 Å². The van der Waals surface area contributed by atoms with Crippen LogP contribution in [0.2, 0.25) is 0 Å². The number of rotatable bonds is 5. The summed E-state index contributed by atoms with van der Waals surface area (Å²) >= 11 is 0. The zero-order valence-electron chi connectivity index (χ0n) is 38.2. The molecule has 0 aliphatic heterocycles. The lowest BCUT2D eigenvalue weighted by Gasteiger charge is -2.30. The maximum absolute atomic E-state index is 2.55. The van der Waals surface area contributed by atoms with Crippen LogP contribution in [0.25, 0.3) is 121 Å². The summed E-state index contributed by atoms with van der Waals surface area (Å²) in [6.07, 6.45) is 4.83. The minimum absolute atomic E-state index is 0.0172. The Kier molecular flexibility index (Phi) is 8.27. The minimum atomic E-state index is -0.0172. The summed E-state index contributed by atoms with van der Waals surface area (Å²) in [6, 6.07) is 86.7. The molecular formula is C67H46N2. The predicted octanol–water partition coefficient (Wildman–Crippen LogP) is 18.0. The molecular weight excluding hydrogens is 833 g/mol. The highest BCUT2D eigenvalue weighted by atomic mass is 15.0. The van der Waals surface area contributed by atoms with Gasteiger partial charge in [-0.15, -0.1) is 0 Å². The van der Waals surface area contributed by atoms with Gasteiger partial charge in [0.05, 0.1) is 22.1 Å². The second kappa shape index (κ2) is 14.8. The van der Waals surface area contributed by atoms with Gasteiger partial charge < -0.3 is 9.13 Å². The SMILES string of the molecule is c1ccc(-n2c3ccccc3c3cccc(-c4cccc5c(-c6cccc7c6C6(CCCC6)c6ccccc6-7)c6cccc(-c7cccc8c9ccccc9n(-c9ccccc9)c78)c6cc45)c32)cc1. The lowest BCUT2D eigenvalue weighted by atomic mass is 9.73. The monoisotopic (exact) mass is 878 g/mol. The molecule has 324 valence electrons. The van der Waals surface area contributed by atoms with E-state index in [2.05, 4.69) is 240 Å². The van der Waals surface area contributed by atoms with Gasteiger partial charge in [-0.2, -0.15) is 0 Å². The predicted molar refractivity (Wildman–Crippen MR) is 291 cm³/mol. The third kappa shape index (κ3) is 5.37. The van der Waals surface area contributed by atoms with E-state index in [0.717, 1.165) is 11.4 Å². The molecule has 1 saturated carbocycles. The molecule has 15 rings (SSSR count). The van der Waals surface area contributed by atoms with Crippen molar-refractivity contribution >= 4 is 65.2 Å². The summed E-state index contributed by atoms with van der Waals surface area (Å²) in [4.78, 5) is 0. The first-order valence-electron chi connectivity index (χ1n) is 24.6. The van der Waals surface area contributed by atoms with Crippen molar-refractivity contribution in [1.82, 2.24) is 9.13 Å². The van der Waals surface area contributed by atoms with Crippen LogP contribution in [0, 0.1) is 0 Å². The lowest BCUT2D eigenvalue weighted by molar-refractivity contribution is 0.551. The highest BCUT2D eigenvalue weighted by Gasteiger charge is 2.46. The summed E-state index contributed by atoms with van der Waals surface area (Å²) in [5, 5.41) is 10.1. The molecule has 1 spiro atoms. The molecule has 2 heteroatoms. The Balaban J connectivity index is 1.11. The standard InChI is InChI=1S/C67H46N2/c1-3-20-43(21-4-1)68-61-38-11-8-25-48(61)55-34-18-32-53(65(55)68)45-27-15-29-50-58(45)42-59-46(54-33-19-35-56-49-26-9-12-39-62(49)69(66(54)56)44-22-5-2-6-23-44)28-16-30-51(59)63(50)57-36-17-31-52-47-24-7-10-37-60(47)67(64(52)57)40-13-14-41-67/h1-12,15-39,42H,13-14,40-41H2. The second-order valence-electron chi connectivity index (χ2n) is 19.4. The zero-order valence-corrected chi connectivity index (χ0v) is 38.2. The van der Waals surface area contributed by atoms with E-state index in [1.54, 1.807) is 0 Å². The number of hydrogen-bond acceptors (Lipinski definition) is 0. The molecule has 2 heterocycles. The van der Waals surface area contributed by atoms with Crippen molar-refractivity contribution in [3.05, 3.63) is 242 Å². The van der Waals surface area contributed by atoms with E-state index in [4.69, 9.17) is 0 Å². The summed E-state index contributed by atoms with van der Waals surface area (Å²) in [5.74, 6) is 0. The Morgan fingerprint density at radius 2 is 0.696 bits per heavy atom. The average Bonchev–Trinajstić information content (AvgIpc) is 4.19. The maximum atomic E-state index is 2.55. The topological polar surface area (TPSA) is 9.86 Å². The van der Waals surface area contributed by atoms with Crippen LogP contribution in [0.3, 0.4) is 0 Å². The fourth-order valence-electron chi connectivity index (χ4n) is 13.4. The Morgan fingerprint density at radius 1 is 0.290 bits per heavy atom. The van der Waals surface area contributed by atoms with E-state index in [1.807, 2.05) is 0 Å². The molecule has 0 bridgehead atoms. The van der Waals surface area contributed by atoms with E-state index in [9.17, 15) is 0 Å². The number of hydrogen-bond donors (Lipinski definition) is 0. The van der Waals surface area contributed by atoms with Crippen molar-refractivity contribution in [2.75, 3.05) is 0 Å². The van der Waals surface area contributed by atoms with Gasteiger partial charge in [-0.3, -0.25) is 0 Å².